The zero-order chi connectivity index (χ0) is 9.42. The second kappa shape index (κ2) is 2.83. The van der Waals surface area contributed by atoms with Crippen LogP contribution in [0.15, 0.2) is 18.3 Å². The van der Waals surface area contributed by atoms with Gasteiger partial charge in [0, 0.05) is 17.8 Å². The molecule has 0 aromatic carbocycles. The van der Waals surface area contributed by atoms with E-state index < -0.39 is 5.97 Å². The van der Waals surface area contributed by atoms with E-state index in [2.05, 4.69) is 4.98 Å². The summed E-state index contributed by atoms with van der Waals surface area (Å²) >= 11 is 0. The Hall–Kier alpha value is -1.38. The van der Waals surface area contributed by atoms with E-state index in [1.54, 1.807) is 6.20 Å². The van der Waals surface area contributed by atoms with E-state index in [0.29, 0.717) is 0 Å². The van der Waals surface area contributed by atoms with Crippen LogP contribution < -0.4 is 0 Å². The minimum absolute atomic E-state index is 0.152. The van der Waals surface area contributed by atoms with E-state index in [9.17, 15) is 4.79 Å². The first-order chi connectivity index (χ1) is 6.20. The van der Waals surface area contributed by atoms with Crippen LogP contribution in [-0.4, -0.2) is 16.1 Å². The molecule has 1 N–H and O–H groups in total. The number of pyridine rings is 1. The molecule has 1 fully saturated rings. The fourth-order valence-corrected chi connectivity index (χ4v) is 1.66. The van der Waals surface area contributed by atoms with Crippen molar-refractivity contribution in [3.63, 3.8) is 0 Å². The largest absolute Gasteiger partial charge is 0.481 e. The van der Waals surface area contributed by atoms with Crippen molar-refractivity contribution in [3.8, 4) is 0 Å². The number of aryl methyl sites for hydroxylation is 1. The van der Waals surface area contributed by atoms with Crippen LogP contribution in [0.3, 0.4) is 0 Å². The monoisotopic (exact) mass is 177 g/mol. The van der Waals surface area contributed by atoms with Crippen molar-refractivity contribution in [1.82, 2.24) is 4.98 Å². The first-order valence-electron chi connectivity index (χ1n) is 4.34. The van der Waals surface area contributed by atoms with Crippen LogP contribution >= 0.6 is 0 Å². The molecule has 1 aliphatic carbocycles. The van der Waals surface area contributed by atoms with Crippen LogP contribution in [0.4, 0.5) is 0 Å². The molecule has 0 saturated heterocycles. The highest BCUT2D eigenvalue weighted by molar-refractivity contribution is 5.75. The van der Waals surface area contributed by atoms with Gasteiger partial charge in [-0.2, -0.15) is 0 Å². The predicted octanol–water partition coefficient (Wildman–Crippen LogP) is 1.58. The van der Waals surface area contributed by atoms with Crippen molar-refractivity contribution in [2.75, 3.05) is 0 Å². The molecule has 13 heavy (non-hydrogen) atoms. The highest BCUT2D eigenvalue weighted by Gasteiger charge is 2.45. The normalized spacial score (nSPS) is 25.6. The molecule has 3 heteroatoms. The van der Waals surface area contributed by atoms with Crippen LogP contribution in [-0.2, 0) is 4.79 Å². The quantitative estimate of drug-likeness (QED) is 0.746. The first kappa shape index (κ1) is 8.23. The van der Waals surface area contributed by atoms with E-state index in [0.717, 1.165) is 17.7 Å². The lowest BCUT2D eigenvalue weighted by molar-refractivity contribution is -0.138. The summed E-state index contributed by atoms with van der Waals surface area (Å²) in [6.45, 7) is 1.97. The molecule has 3 nitrogen and oxygen atoms in total. The van der Waals surface area contributed by atoms with Crippen LogP contribution in [0.5, 0.6) is 0 Å². The molecule has 0 bridgehead atoms. The maximum Gasteiger partial charge on any atom is 0.307 e. The molecule has 0 spiro atoms. The highest BCUT2D eigenvalue weighted by Crippen LogP contribution is 2.47. The Labute approximate surface area is 76.4 Å². The van der Waals surface area contributed by atoms with E-state index >= 15 is 0 Å². The Bertz CT molecular complexity index is 349. The smallest absolute Gasteiger partial charge is 0.307 e. The molecule has 2 rings (SSSR count). The van der Waals surface area contributed by atoms with Gasteiger partial charge in [-0.05, 0) is 25.0 Å². The van der Waals surface area contributed by atoms with E-state index in [1.165, 1.54) is 0 Å². The van der Waals surface area contributed by atoms with Crippen molar-refractivity contribution < 1.29 is 9.90 Å². The summed E-state index contributed by atoms with van der Waals surface area (Å²) in [5, 5.41) is 8.75. The molecule has 0 unspecified atom stereocenters. The number of carboxylic acids is 1. The second-order valence-electron chi connectivity index (χ2n) is 3.49. The Morgan fingerprint density at radius 2 is 2.46 bits per heavy atom. The van der Waals surface area contributed by atoms with Gasteiger partial charge in [0.1, 0.15) is 0 Å². The Balaban J connectivity index is 2.21. The highest BCUT2D eigenvalue weighted by atomic mass is 16.4. The molecule has 1 heterocycles. The summed E-state index contributed by atoms with van der Waals surface area (Å²) in [5.74, 6) is -0.748. The second-order valence-corrected chi connectivity index (χ2v) is 3.49. The number of rotatable bonds is 2. The van der Waals surface area contributed by atoms with Gasteiger partial charge in [0.25, 0.3) is 0 Å². The standard InChI is InChI=1S/C10H11NO2/c1-6-3-2-4-11-9(6)7-5-8(7)10(12)13/h2-4,7-8H,5H2,1H3,(H,12,13)/t7-,8-/m1/s1. The van der Waals surface area contributed by atoms with Crippen LogP contribution in [0, 0.1) is 12.8 Å². The summed E-state index contributed by atoms with van der Waals surface area (Å²) in [7, 11) is 0. The number of aliphatic carboxylic acids is 1. The summed E-state index contributed by atoms with van der Waals surface area (Å²) in [4.78, 5) is 14.8. The molecule has 1 aromatic heterocycles. The zero-order valence-electron chi connectivity index (χ0n) is 7.40. The van der Waals surface area contributed by atoms with Gasteiger partial charge < -0.3 is 5.11 Å². The van der Waals surface area contributed by atoms with E-state index in [1.807, 2.05) is 19.1 Å². The molecule has 0 amide bonds. The third-order valence-corrected chi connectivity index (χ3v) is 2.51. The van der Waals surface area contributed by atoms with Gasteiger partial charge >= 0.3 is 5.97 Å². The summed E-state index contributed by atoms with van der Waals surface area (Å²) in [5.41, 5.74) is 2.05. The van der Waals surface area contributed by atoms with Gasteiger partial charge in [-0.25, -0.2) is 0 Å². The fourth-order valence-electron chi connectivity index (χ4n) is 1.66. The maximum absolute atomic E-state index is 10.6. The lowest BCUT2D eigenvalue weighted by atomic mass is 10.1. The Kier molecular flexibility index (Phi) is 1.79. The van der Waals surface area contributed by atoms with Crippen LogP contribution in [0.2, 0.25) is 0 Å². The Morgan fingerprint density at radius 1 is 1.69 bits per heavy atom. The molecule has 1 aliphatic rings. The first-order valence-corrected chi connectivity index (χ1v) is 4.34. The number of hydrogen-bond acceptors (Lipinski definition) is 2. The summed E-state index contributed by atoms with van der Waals surface area (Å²) < 4.78 is 0. The maximum atomic E-state index is 10.6. The van der Waals surface area contributed by atoms with Crippen molar-refractivity contribution >= 4 is 5.97 Å². The zero-order valence-corrected chi connectivity index (χ0v) is 7.40. The molecule has 0 radical (unpaired) electrons. The third kappa shape index (κ3) is 1.41. The van der Waals surface area contributed by atoms with Gasteiger partial charge in [0.2, 0.25) is 0 Å². The van der Waals surface area contributed by atoms with E-state index in [4.69, 9.17) is 5.11 Å². The molecule has 68 valence electrons. The molecule has 1 aromatic rings. The van der Waals surface area contributed by atoms with Crippen LogP contribution in [0.25, 0.3) is 0 Å². The van der Waals surface area contributed by atoms with Crippen molar-refractivity contribution in [1.29, 1.82) is 0 Å². The van der Waals surface area contributed by atoms with Gasteiger partial charge in [-0.1, -0.05) is 6.07 Å². The van der Waals surface area contributed by atoms with Gasteiger partial charge in [0.15, 0.2) is 0 Å². The number of hydrogen-bond donors (Lipinski definition) is 1. The lowest BCUT2D eigenvalue weighted by Crippen LogP contribution is -2.00. The Morgan fingerprint density at radius 3 is 3.00 bits per heavy atom. The third-order valence-electron chi connectivity index (χ3n) is 2.51. The minimum Gasteiger partial charge on any atom is -0.481 e. The SMILES string of the molecule is Cc1cccnc1[C@@H]1C[C@H]1C(=O)O. The number of carbonyl (C=O) groups is 1. The summed E-state index contributed by atoms with van der Waals surface area (Å²) in [6.07, 6.45) is 2.47. The molecule has 0 aliphatic heterocycles. The molecule has 2 atom stereocenters. The van der Waals surface area contributed by atoms with Crippen molar-refractivity contribution in [2.45, 2.75) is 19.3 Å². The minimum atomic E-state index is -0.699. The van der Waals surface area contributed by atoms with Gasteiger partial charge in [-0.3, -0.25) is 9.78 Å². The molecule has 1 saturated carbocycles. The topological polar surface area (TPSA) is 50.2 Å². The van der Waals surface area contributed by atoms with Gasteiger partial charge in [-0.15, -0.1) is 0 Å². The number of nitrogens with zero attached hydrogens (tertiary/aromatic N) is 1. The average molecular weight is 177 g/mol. The van der Waals surface area contributed by atoms with E-state index in [-0.39, 0.29) is 11.8 Å². The van der Waals surface area contributed by atoms with Crippen LogP contribution in [0.1, 0.15) is 23.6 Å². The van der Waals surface area contributed by atoms with Gasteiger partial charge in [0.05, 0.1) is 5.92 Å². The molecular weight excluding hydrogens is 166 g/mol. The number of aromatic nitrogens is 1. The average Bonchev–Trinajstić information content (AvgIpc) is 2.84. The van der Waals surface area contributed by atoms with Crippen molar-refractivity contribution in [3.05, 3.63) is 29.6 Å². The lowest BCUT2D eigenvalue weighted by Gasteiger charge is -2.00. The van der Waals surface area contributed by atoms with Crippen molar-refractivity contribution in [2.24, 2.45) is 5.92 Å². The summed E-state index contributed by atoms with van der Waals surface area (Å²) in [6, 6.07) is 3.84. The number of carboxylic acid groups (broad SMARTS) is 1. The predicted molar refractivity (Wildman–Crippen MR) is 47.5 cm³/mol. The fraction of sp³-hybridized carbons (Fsp3) is 0.400. The molecular formula is C10H11NO2.